The molecule has 82 valence electrons. The summed E-state index contributed by atoms with van der Waals surface area (Å²) in [4.78, 5) is 0. The van der Waals surface area contributed by atoms with Gasteiger partial charge < -0.3 is 10.5 Å². The number of nitrogens with zero attached hydrogens (tertiary/aromatic N) is 2. The lowest BCUT2D eigenvalue weighted by molar-refractivity contribution is 0.297. The molecule has 0 spiro atoms. The van der Waals surface area contributed by atoms with Crippen molar-refractivity contribution in [3.63, 3.8) is 0 Å². The van der Waals surface area contributed by atoms with Gasteiger partial charge in [0.05, 0.1) is 0 Å². The fourth-order valence-corrected chi connectivity index (χ4v) is 2.06. The van der Waals surface area contributed by atoms with Crippen molar-refractivity contribution in [3.8, 4) is 16.9 Å². The van der Waals surface area contributed by atoms with E-state index >= 15 is 0 Å². The smallest absolute Gasteiger partial charge is 0.187 e. The van der Waals surface area contributed by atoms with Crippen molar-refractivity contribution in [3.05, 3.63) is 30.1 Å². The molecule has 1 aromatic carbocycles. The van der Waals surface area contributed by atoms with Gasteiger partial charge in [0.25, 0.3) is 0 Å². The van der Waals surface area contributed by atoms with E-state index in [1.165, 1.54) is 4.09 Å². The van der Waals surface area contributed by atoms with Crippen LogP contribution in [0.1, 0.15) is 5.69 Å². The lowest BCUT2D eigenvalue weighted by Gasteiger charge is -2.16. The summed E-state index contributed by atoms with van der Waals surface area (Å²) in [5, 5.41) is 4.04. The molecule has 2 N–H and O–H groups in total. The molecule has 0 atom stereocenters. The molecule has 6 heteroatoms. The maximum atomic E-state index is 12.4. The zero-order chi connectivity index (χ0) is 11.1. The van der Waals surface area contributed by atoms with E-state index < -0.39 is 0 Å². The van der Waals surface area contributed by atoms with E-state index in [0.29, 0.717) is 12.3 Å². The van der Waals surface area contributed by atoms with E-state index in [1.54, 1.807) is 18.3 Å². The van der Waals surface area contributed by atoms with Crippen molar-refractivity contribution in [1.82, 2.24) is 9.19 Å². The van der Waals surface area contributed by atoms with Gasteiger partial charge in [-0.25, -0.2) is 0 Å². The lowest BCUT2D eigenvalue weighted by Crippen LogP contribution is -2.05. The Morgan fingerprint density at radius 3 is 3.12 bits per heavy atom. The van der Waals surface area contributed by atoms with Crippen LogP contribution in [0, 0.1) is 0 Å². The Balaban J connectivity index is 2.18. The van der Waals surface area contributed by atoms with Gasteiger partial charge in [-0.15, -0.1) is 3.89 Å². The molecule has 0 unspecified atom stereocenters. The number of anilines is 1. The van der Waals surface area contributed by atoms with Gasteiger partial charge in [0, 0.05) is 29.1 Å². The van der Waals surface area contributed by atoms with Crippen LogP contribution in [0.3, 0.4) is 0 Å². The Labute approximate surface area is 95.6 Å². The highest BCUT2D eigenvalue weighted by atomic mass is 32.2. The molecule has 0 aliphatic carbocycles. The van der Waals surface area contributed by atoms with Crippen LogP contribution in [-0.4, -0.2) is 9.19 Å². The maximum absolute atomic E-state index is 12.4. The molecule has 4 nitrogen and oxygen atoms in total. The molecule has 1 aliphatic rings. The van der Waals surface area contributed by atoms with Crippen LogP contribution in [0.4, 0.5) is 9.57 Å². The average Bonchev–Trinajstić information content (AvgIpc) is 2.71. The van der Waals surface area contributed by atoms with Crippen molar-refractivity contribution in [1.29, 1.82) is 0 Å². The minimum Gasteiger partial charge on any atom is -0.486 e. The number of hydrogen-bond acceptors (Lipinski definition) is 4. The van der Waals surface area contributed by atoms with Crippen molar-refractivity contribution in [2.24, 2.45) is 0 Å². The SMILES string of the molecule is Nc1ccc2c(c1)OCc1nn(SF)cc1-2. The van der Waals surface area contributed by atoms with Crippen molar-refractivity contribution in [2.45, 2.75) is 6.61 Å². The third-order valence-electron chi connectivity index (χ3n) is 2.50. The molecule has 0 saturated heterocycles. The summed E-state index contributed by atoms with van der Waals surface area (Å²) in [5.74, 6) is 0.718. The first-order valence-corrected chi connectivity index (χ1v) is 5.35. The molecule has 0 saturated carbocycles. The van der Waals surface area contributed by atoms with Crippen LogP contribution in [-0.2, 0) is 6.61 Å². The van der Waals surface area contributed by atoms with Gasteiger partial charge in [-0.05, 0) is 12.1 Å². The quantitative estimate of drug-likeness (QED) is 0.774. The summed E-state index contributed by atoms with van der Waals surface area (Å²) in [6.45, 7) is 0.347. The second kappa shape index (κ2) is 3.41. The molecule has 1 aromatic heterocycles. The Morgan fingerprint density at radius 1 is 1.44 bits per heavy atom. The highest BCUT2D eigenvalue weighted by Crippen LogP contribution is 2.38. The fraction of sp³-hybridized carbons (Fsp3) is 0.100. The number of ether oxygens (including phenoxy) is 1. The second-order valence-corrected chi connectivity index (χ2v) is 4.02. The molecule has 2 aromatic rings. The first-order valence-electron chi connectivity index (χ1n) is 4.68. The monoisotopic (exact) mass is 237 g/mol. The molecule has 0 fully saturated rings. The Morgan fingerprint density at radius 2 is 2.31 bits per heavy atom. The average molecular weight is 237 g/mol. The number of benzene rings is 1. The highest BCUT2D eigenvalue weighted by molar-refractivity contribution is 7.92. The van der Waals surface area contributed by atoms with Crippen molar-refractivity contribution >= 4 is 18.0 Å². The number of aromatic nitrogens is 2. The van der Waals surface area contributed by atoms with E-state index in [-0.39, 0.29) is 12.3 Å². The van der Waals surface area contributed by atoms with Gasteiger partial charge in [-0.2, -0.15) is 9.19 Å². The summed E-state index contributed by atoms with van der Waals surface area (Å²) in [6, 6.07) is 5.41. The summed E-state index contributed by atoms with van der Waals surface area (Å²) >= 11 is 0.0654. The molecule has 0 radical (unpaired) electrons. The molecule has 1 aliphatic heterocycles. The van der Waals surface area contributed by atoms with Crippen LogP contribution in [0.25, 0.3) is 11.1 Å². The predicted octanol–water partition coefficient (Wildman–Crippen LogP) is 2.41. The van der Waals surface area contributed by atoms with Gasteiger partial charge in [-0.3, -0.25) is 0 Å². The van der Waals surface area contributed by atoms with Gasteiger partial charge in [0.1, 0.15) is 18.1 Å². The molecule has 3 rings (SSSR count). The van der Waals surface area contributed by atoms with Gasteiger partial charge in [0.2, 0.25) is 0 Å². The van der Waals surface area contributed by atoms with E-state index in [0.717, 1.165) is 22.6 Å². The van der Waals surface area contributed by atoms with Gasteiger partial charge in [0.15, 0.2) is 12.3 Å². The van der Waals surface area contributed by atoms with Crippen molar-refractivity contribution < 1.29 is 8.62 Å². The number of halogens is 1. The summed E-state index contributed by atoms with van der Waals surface area (Å²) in [6.07, 6.45) is 1.65. The molecule has 0 bridgehead atoms. The highest BCUT2D eigenvalue weighted by Gasteiger charge is 2.21. The first-order chi connectivity index (χ1) is 7.78. The number of nitrogen functional groups attached to an aromatic ring is 1. The van der Waals surface area contributed by atoms with Crippen LogP contribution >= 0.6 is 12.3 Å². The third kappa shape index (κ3) is 1.34. The van der Waals surface area contributed by atoms with E-state index in [2.05, 4.69) is 5.10 Å². The van der Waals surface area contributed by atoms with Gasteiger partial charge in [-0.1, -0.05) is 0 Å². The number of hydrogen-bond donors (Lipinski definition) is 1. The second-order valence-electron chi connectivity index (χ2n) is 3.51. The van der Waals surface area contributed by atoms with Gasteiger partial charge >= 0.3 is 0 Å². The maximum Gasteiger partial charge on any atom is 0.187 e. The minimum absolute atomic E-state index is 0.0654. The Bertz CT molecular complexity index is 555. The van der Waals surface area contributed by atoms with E-state index in [9.17, 15) is 3.89 Å². The third-order valence-corrected chi connectivity index (χ3v) is 2.83. The molecular weight excluding hydrogens is 229 g/mol. The van der Waals surface area contributed by atoms with Crippen molar-refractivity contribution in [2.75, 3.05) is 5.73 Å². The largest absolute Gasteiger partial charge is 0.486 e. The Kier molecular flexibility index (Phi) is 2.03. The summed E-state index contributed by atoms with van der Waals surface area (Å²) in [5.41, 5.74) is 8.85. The standard InChI is InChI=1S/C10H8FN3OS/c11-16-14-4-8-7-2-1-6(12)3-10(7)15-5-9(8)13-14/h1-4H,5,12H2. The topological polar surface area (TPSA) is 53.1 Å². The Hall–Kier alpha value is -1.69. The van der Waals surface area contributed by atoms with E-state index in [4.69, 9.17) is 10.5 Å². The number of rotatable bonds is 1. The fourth-order valence-electron chi connectivity index (χ4n) is 1.78. The predicted molar refractivity (Wildman–Crippen MR) is 60.5 cm³/mol. The van der Waals surface area contributed by atoms with E-state index in [1.807, 2.05) is 6.07 Å². The van der Waals surface area contributed by atoms with Crippen LogP contribution in [0.15, 0.2) is 24.4 Å². The molecule has 16 heavy (non-hydrogen) atoms. The molecule has 0 amide bonds. The zero-order valence-corrected chi connectivity index (χ0v) is 9.00. The number of nitrogens with two attached hydrogens (primary N) is 1. The molecule has 2 heterocycles. The lowest BCUT2D eigenvalue weighted by atomic mass is 10.0. The zero-order valence-electron chi connectivity index (χ0n) is 8.18. The normalized spacial score (nSPS) is 12.8. The summed E-state index contributed by atoms with van der Waals surface area (Å²) in [7, 11) is 0. The summed E-state index contributed by atoms with van der Waals surface area (Å²) < 4.78 is 19.1. The van der Waals surface area contributed by atoms with Crippen LogP contribution < -0.4 is 10.5 Å². The molecular formula is C10H8FN3OS. The first kappa shape index (κ1) is 9.53. The minimum atomic E-state index is 0.0654. The van der Waals surface area contributed by atoms with Crippen LogP contribution in [0.2, 0.25) is 0 Å². The number of fused-ring (bicyclic) bond motifs is 3. The van der Waals surface area contributed by atoms with Crippen LogP contribution in [0.5, 0.6) is 5.75 Å².